The average Bonchev–Trinajstić information content (AvgIpc) is 3.02. The van der Waals surface area contributed by atoms with Crippen molar-refractivity contribution in [2.24, 2.45) is 0 Å². The molecule has 0 saturated heterocycles. The monoisotopic (exact) mass is 432 g/mol. The molecule has 0 aliphatic rings. The van der Waals surface area contributed by atoms with Gasteiger partial charge in [-0.15, -0.1) is 0 Å². The Labute approximate surface area is 185 Å². The van der Waals surface area contributed by atoms with Crippen LogP contribution in [0.25, 0.3) is 27.9 Å². The first-order valence-corrected chi connectivity index (χ1v) is 10.3. The van der Waals surface area contributed by atoms with E-state index in [1.165, 1.54) is 0 Å². The maximum absolute atomic E-state index is 13.1. The van der Waals surface area contributed by atoms with Crippen molar-refractivity contribution in [3.8, 4) is 5.69 Å². The highest BCUT2D eigenvalue weighted by atomic mass is 16.6. The van der Waals surface area contributed by atoms with Crippen molar-refractivity contribution >= 4 is 40.0 Å². The number of carbonyl (C=O) groups is 2. The van der Waals surface area contributed by atoms with Crippen molar-refractivity contribution in [3.63, 3.8) is 0 Å². The largest absolute Gasteiger partial charge is 0.462 e. The third-order valence-corrected chi connectivity index (χ3v) is 4.72. The van der Waals surface area contributed by atoms with E-state index in [1.54, 1.807) is 56.5 Å². The minimum Gasteiger partial charge on any atom is -0.462 e. The molecule has 0 radical (unpaired) electrons. The summed E-state index contributed by atoms with van der Waals surface area (Å²) in [5, 5.41) is 0. The molecule has 164 valence electrons. The molecule has 0 fully saturated rings. The summed E-state index contributed by atoms with van der Waals surface area (Å²) in [4.78, 5) is 34.7. The van der Waals surface area contributed by atoms with Crippen molar-refractivity contribution in [3.05, 3.63) is 59.7 Å². The second-order valence-corrected chi connectivity index (χ2v) is 8.25. The molecular formula is C24H24N4O4. The zero-order valence-corrected chi connectivity index (χ0v) is 18.4. The molecule has 2 heterocycles. The normalized spacial score (nSPS) is 11.6. The van der Waals surface area contributed by atoms with Gasteiger partial charge in [-0.1, -0.05) is 18.2 Å². The second-order valence-electron chi connectivity index (χ2n) is 8.25. The lowest BCUT2D eigenvalue weighted by Gasteiger charge is -2.19. The van der Waals surface area contributed by atoms with Crippen molar-refractivity contribution in [2.75, 3.05) is 12.3 Å². The number of fused-ring (bicyclic) bond motifs is 2. The van der Waals surface area contributed by atoms with Gasteiger partial charge < -0.3 is 15.2 Å². The fourth-order valence-electron chi connectivity index (χ4n) is 3.44. The molecule has 0 spiro atoms. The Bertz CT molecular complexity index is 1350. The van der Waals surface area contributed by atoms with E-state index in [0.29, 0.717) is 33.4 Å². The Morgan fingerprint density at radius 3 is 2.34 bits per heavy atom. The maximum Gasteiger partial charge on any atom is 0.344 e. The smallest absolute Gasteiger partial charge is 0.344 e. The van der Waals surface area contributed by atoms with E-state index < -0.39 is 17.5 Å². The van der Waals surface area contributed by atoms with E-state index in [4.69, 9.17) is 20.2 Å². The van der Waals surface area contributed by atoms with Crippen LogP contribution in [0.15, 0.2) is 48.5 Å². The van der Waals surface area contributed by atoms with E-state index in [-0.39, 0.29) is 18.0 Å². The molecule has 0 aliphatic heterocycles. The lowest BCUT2D eigenvalue weighted by Crippen LogP contribution is -2.24. The number of esters is 2. The Morgan fingerprint density at radius 2 is 1.69 bits per heavy atom. The van der Waals surface area contributed by atoms with Gasteiger partial charge in [-0.25, -0.2) is 19.6 Å². The number of nitrogens with two attached hydrogens (primary N) is 1. The van der Waals surface area contributed by atoms with Crippen LogP contribution in [-0.4, -0.2) is 38.7 Å². The zero-order chi connectivity index (χ0) is 23.0. The number of aromatic nitrogens is 3. The maximum atomic E-state index is 13.1. The molecule has 0 amide bonds. The fraction of sp³-hybridized carbons (Fsp3) is 0.250. The van der Waals surface area contributed by atoms with Gasteiger partial charge in [0.15, 0.2) is 5.65 Å². The van der Waals surface area contributed by atoms with Gasteiger partial charge in [-0.05, 0) is 58.0 Å². The molecule has 4 aromatic rings. The summed E-state index contributed by atoms with van der Waals surface area (Å²) in [6, 6.07) is 14.1. The van der Waals surface area contributed by atoms with Gasteiger partial charge in [0.1, 0.15) is 22.5 Å². The third kappa shape index (κ3) is 3.87. The summed E-state index contributed by atoms with van der Waals surface area (Å²) in [6.45, 7) is 7.35. The van der Waals surface area contributed by atoms with Gasteiger partial charge in [0.25, 0.3) is 0 Å². The number of ether oxygens (including phenoxy) is 2. The molecule has 0 saturated carbocycles. The number of para-hydroxylation sites is 2. The predicted molar refractivity (Wildman–Crippen MR) is 122 cm³/mol. The number of hydrogen-bond acceptors (Lipinski definition) is 7. The summed E-state index contributed by atoms with van der Waals surface area (Å²) < 4.78 is 12.3. The molecule has 2 N–H and O–H groups in total. The van der Waals surface area contributed by atoms with Crippen LogP contribution in [0.1, 0.15) is 48.4 Å². The van der Waals surface area contributed by atoms with Crippen LogP contribution in [0.5, 0.6) is 0 Å². The summed E-state index contributed by atoms with van der Waals surface area (Å²) >= 11 is 0. The Kier molecular flexibility index (Phi) is 5.30. The summed E-state index contributed by atoms with van der Waals surface area (Å²) in [6.07, 6.45) is 0. The minimum atomic E-state index is -0.716. The third-order valence-electron chi connectivity index (χ3n) is 4.72. The number of nitrogens with zero attached hydrogens (tertiary/aromatic N) is 3. The highest BCUT2D eigenvalue weighted by Gasteiger charge is 2.29. The van der Waals surface area contributed by atoms with Crippen LogP contribution in [-0.2, 0) is 9.47 Å². The number of anilines is 1. The lowest BCUT2D eigenvalue weighted by atomic mass is 10.2. The van der Waals surface area contributed by atoms with E-state index in [1.807, 2.05) is 24.3 Å². The fourth-order valence-corrected chi connectivity index (χ4v) is 3.44. The second kappa shape index (κ2) is 7.96. The SMILES string of the molecule is CCOC(=O)c1cccc(-n2c(N)c(C(=O)OC(C)(C)C)c3nc4ccccc4nc32)c1. The summed E-state index contributed by atoms with van der Waals surface area (Å²) in [7, 11) is 0. The molecule has 4 rings (SSSR count). The van der Waals surface area contributed by atoms with Crippen molar-refractivity contribution < 1.29 is 19.1 Å². The van der Waals surface area contributed by atoms with Gasteiger partial charge in [-0.3, -0.25) is 4.57 Å². The molecule has 32 heavy (non-hydrogen) atoms. The molecular weight excluding hydrogens is 408 g/mol. The molecule has 0 bridgehead atoms. The van der Waals surface area contributed by atoms with E-state index in [9.17, 15) is 9.59 Å². The van der Waals surface area contributed by atoms with Crippen LogP contribution >= 0.6 is 0 Å². The molecule has 2 aromatic heterocycles. The molecule has 0 atom stereocenters. The average molecular weight is 432 g/mol. The first-order chi connectivity index (χ1) is 15.2. The highest BCUT2D eigenvalue weighted by Crippen LogP contribution is 2.32. The lowest BCUT2D eigenvalue weighted by molar-refractivity contribution is 0.00725. The quantitative estimate of drug-likeness (QED) is 0.479. The van der Waals surface area contributed by atoms with Crippen molar-refractivity contribution in [2.45, 2.75) is 33.3 Å². The number of hydrogen-bond donors (Lipinski definition) is 1. The van der Waals surface area contributed by atoms with Crippen LogP contribution < -0.4 is 5.73 Å². The number of rotatable bonds is 4. The standard InChI is InChI=1S/C24H24N4O4/c1-5-31-22(29)14-9-8-10-15(13-14)28-20(25)18(23(30)32-24(2,3)4)19-21(28)27-17-12-7-6-11-16(17)26-19/h6-13H,5,25H2,1-4H3. The Hall–Kier alpha value is -3.94. The van der Waals surface area contributed by atoms with E-state index >= 15 is 0 Å². The van der Waals surface area contributed by atoms with Gasteiger partial charge in [0, 0.05) is 5.69 Å². The molecule has 8 heteroatoms. The van der Waals surface area contributed by atoms with Crippen LogP contribution in [0.3, 0.4) is 0 Å². The molecule has 2 aromatic carbocycles. The molecule has 8 nitrogen and oxygen atoms in total. The van der Waals surface area contributed by atoms with E-state index in [0.717, 1.165) is 0 Å². The Morgan fingerprint density at radius 1 is 1.00 bits per heavy atom. The zero-order valence-electron chi connectivity index (χ0n) is 18.4. The first kappa shape index (κ1) is 21.3. The minimum absolute atomic E-state index is 0.130. The summed E-state index contributed by atoms with van der Waals surface area (Å²) in [5.41, 5.74) is 8.81. The van der Waals surface area contributed by atoms with Gasteiger partial charge in [0.05, 0.1) is 23.2 Å². The molecule has 0 unspecified atom stereocenters. The molecule has 0 aliphatic carbocycles. The van der Waals surface area contributed by atoms with Crippen molar-refractivity contribution in [1.29, 1.82) is 0 Å². The number of nitrogen functional groups attached to an aromatic ring is 1. The van der Waals surface area contributed by atoms with Crippen LogP contribution in [0, 0.1) is 0 Å². The van der Waals surface area contributed by atoms with Gasteiger partial charge in [0.2, 0.25) is 0 Å². The number of carbonyl (C=O) groups excluding carboxylic acids is 2. The van der Waals surface area contributed by atoms with E-state index in [2.05, 4.69) is 4.98 Å². The topological polar surface area (TPSA) is 109 Å². The van der Waals surface area contributed by atoms with Gasteiger partial charge in [-0.2, -0.15) is 0 Å². The van der Waals surface area contributed by atoms with Crippen molar-refractivity contribution in [1.82, 2.24) is 14.5 Å². The first-order valence-electron chi connectivity index (χ1n) is 10.3. The van der Waals surface area contributed by atoms with Crippen LogP contribution in [0.2, 0.25) is 0 Å². The highest BCUT2D eigenvalue weighted by molar-refractivity contribution is 6.09. The predicted octanol–water partition coefficient (Wildman–Crippen LogP) is 4.29. The van der Waals surface area contributed by atoms with Crippen LogP contribution in [0.4, 0.5) is 5.82 Å². The summed E-state index contributed by atoms with van der Waals surface area (Å²) in [5.74, 6) is -0.913. The number of benzene rings is 2. The van der Waals surface area contributed by atoms with Gasteiger partial charge >= 0.3 is 11.9 Å². The Balaban J connectivity index is 2.00.